The summed E-state index contributed by atoms with van der Waals surface area (Å²) in [7, 11) is 0. The van der Waals surface area contributed by atoms with Gasteiger partial charge >= 0.3 is 0 Å². The Labute approximate surface area is 145 Å². The highest BCUT2D eigenvalue weighted by molar-refractivity contribution is 7.80. The second-order valence-electron chi connectivity index (χ2n) is 5.97. The van der Waals surface area contributed by atoms with Gasteiger partial charge < -0.3 is 15.4 Å². The van der Waals surface area contributed by atoms with E-state index in [-0.39, 0.29) is 12.5 Å². The standard InChI is InChI=1S/C18H28N2O2S/c1-5-6-7-10-19-18(23)20-17(21)12-22-15-8-9-16(13(2)3)14(4)11-15/h8-9,11,13H,5-7,10,12H2,1-4H3,(H2,19,20,21,23). The average Bonchev–Trinajstić information content (AvgIpc) is 2.49. The highest BCUT2D eigenvalue weighted by Crippen LogP contribution is 2.23. The van der Waals surface area contributed by atoms with Crippen molar-refractivity contribution in [2.45, 2.75) is 52.9 Å². The predicted octanol–water partition coefficient (Wildman–Crippen LogP) is 3.68. The van der Waals surface area contributed by atoms with Crippen LogP contribution in [0.4, 0.5) is 0 Å². The maximum atomic E-state index is 11.8. The third-order valence-electron chi connectivity index (χ3n) is 3.55. The normalized spacial score (nSPS) is 10.5. The van der Waals surface area contributed by atoms with Gasteiger partial charge in [-0.15, -0.1) is 0 Å². The summed E-state index contributed by atoms with van der Waals surface area (Å²) in [6.45, 7) is 9.25. The molecule has 0 atom stereocenters. The van der Waals surface area contributed by atoms with Crippen LogP contribution in [0, 0.1) is 6.92 Å². The molecule has 4 nitrogen and oxygen atoms in total. The van der Waals surface area contributed by atoms with E-state index in [0.29, 0.717) is 16.8 Å². The van der Waals surface area contributed by atoms with Gasteiger partial charge in [-0.3, -0.25) is 4.79 Å². The molecule has 128 valence electrons. The first kappa shape index (κ1) is 19.4. The number of nitrogens with one attached hydrogen (secondary N) is 2. The van der Waals surface area contributed by atoms with Gasteiger partial charge in [0, 0.05) is 6.54 Å². The Hall–Kier alpha value is -1.62. The summed E-state index contributed by atoms with van der Waals surface area (Å²) < 4.78 is 5.53. The quantitative estimate of drug-likeness (QED) is 0.562. The first-order chi connectivity index (χ1) is 10.9. The number of ether oxygens (including phenoxy) is 1. The fourth-order valence-electron chi connectivity index (χ4n) is 2.32. The molecule has 23 heavy (non-hydrogen) atoms. The molecular formula is C18H28N2O2S. The van der Waals surface area contributed by atoms with Crippen molar-refractivity contribution in [3.05, 3.63) is 29.3 Å². The Morgan fingerprint density at radius 3 is 2.65 bits per heavy atom. The van der Waals surface area contributed by atoms with Gasteiger partial charge in [0.05, 0.1) is 0 Å². The Kier molecular flexibility index (Phi) is 8.62. The van der Waals surface area contributed by atoms with Crippen LogP contribution >= 0.6 is 12.2 Å². The second kappa shape index (κ2) is 10.2. The molecule has 0 heterocycles. The lowest BCUT2D eigenvalue weighted by Crippen LogP contribution is -2.41. The van der Waals surface area contributed by atoms with Crippen LogP contribution in [0.1, 0.15) is 57.1 Å². The number of carbonyl (C=O) groups is 1. The highest BCUT2D eigenvalue weighted by atomic mass is 32.1. The number of carbonyl (C=O) groups excluding carboxylic acids is 1. The third kappa shape index (κ3) is 7.46. The van der Waals surface area contributed by atoms with Crippen molar-refractivity contribution in [2.75, 3.05) is 13.2 Å². The van der Waals surface area contributed by atoms with E-state index in [9.17, 15) is 4.79 Å². The molecule has 0 spiro atoms. The van der Waals surface area contributed by atoms with Gasteiger partial charge in [-0.25, -0.2) is 0 Å². The molecule has 1 aromatic carbocycles. The zero-order chi connectivity index (χ0) is 17.2. The van der Waals surface area contributed by atoms with E-state index in [0.717, 1.165) is 25.8 Å². The zero-order valence-corrected chi connectivity index (χ0v) is 15.4. The molecule has 2 N–H and O–H groups in total. The molecule has 0 radical (unpaired) electrons. The summed E-state index contributed by atoms with van der Waals surface area (Å²) in [5, 5.41) is 6.01. The molecule has 0 saturated carbocycles. The highest BCUT2D eigenvalue weighted by Gasteiger charge is 2.08. The van der Waals surface area contributed by atoms with E-state index in [1.807, 2.05) is 18.2 Å². The lowest BCUT2D eigenvalue weighted by Gasteiger charge is -2.13. The van der Waals surface area contributed by atoms with Crippen molar-refractivity contribution in [3.63, 3.8) is 0 Å². The fraction of sp³-hybridized carbons (Fsp3) is 0.556. The summed E-state index contributed by atoms with van der Waals surface area (Å²) in [4.78, 5) is 11.8. The van der Waals surface area contributed by atoms with Gasteiger partial charge in [-0.05, 0) is 54.7 Å². The molecule has 0 aliphatic rings. The molecule has 0 bridgehead atoms. The molecule has 0 aliphatic carbocycles. The zero-order valence-electron chi connectivity index (χ0n) is 14.6. The van der Waals surface area contributed by atoms with Crippen LogP contribution in [-0.2, 0) is 4.79 Å². The lowest BCUT2D eigenvalue weighted by molar-refractivity contribution is -0.121. The molecule has 0 unspecified atom stereocenters. The van der Waals surface area contributed by atoms with Crippen molar-refractivity contribution >= 4 is 23.2 Å². The summed E-state index contributed by atoms with van der Waals surface area (Å²) in [5.41, 5.74) is 2.46. The van der Waals surface area contributed by atoms with Gasteiger partial charge in [0.15, 0.2) is 11.7 Å². The van der Waals surface area contributed by atoms with Gasteiger partial charge in [-0.2, -0.15) is 0 Å². The molecular weight excluding hydrogens is 308 g/mol. The number of hydrogen-bond acceptors (Lipinski definition) is 3. The molecule has 1 rings (SSSR count). The van der Waals surface area contributed by atoms with E-state index in [2.05, 4.69) is 38.3 Å². The van der Waals surface area contributed by atoms with Crippen molar-refractivity contribution < 1.29 is 9.53 Å². The maximum Gasteiger partial charge on any atom is 0.264 e. The average molecular weight is 337 g/mol. The fourth-order valence-corrected chi connectivity index (χ4v) is 2.53. The predicted molar refractivity (Wildman–Crippen MR) is 99.0 cm³/mol. The first-order valence-electron chi connectivity index (χ1n) is 8.25. The molecule has 5 heteroatoms. The molecule has 0 aromatic heterocycles. The number of unbranched alkanes of at least 4 members (excludes halogenated alkanes) is 2. The van der Waals surface area contributed by atoms with E-state index in [1.54, 1.807) is 0 Å². The van der Waals surface area contributed by atoms with Gasteiger partial charge in [0.1, 0.15) is 5.75 Å². The molecule has 1 aromatic rings. The van der Waals surface area contributed by atoms with E-state index < -0.39 is 0 Å². The third-order valence-corrected chi connectivity index (χ3v) is 3.80. The first-order valence-corrected chi connectivity index (χ1v) is 8.65. The Morgan fingerprint density at radius 2 is 2.04 bits per heavy atom. The van der Waals surface area contributed by atoms with Crippen LogP contribution in [0.5, 0.6) is 5.75 Å². The minimum atomic E-state index is -0.247. The molecule has 0 aliphatic heterocycles. The van der Waals surface area contributed by atoms with Crippen molar-refractivity contribution in [2.24, 2.45) is 0 Å². The van der Waals surface area contributed by atoms with Crippen LogP contribution in [-0.4, -0.2) is 24.2 Å². The minimum Gasteiger partial charge on any atom is -0.484 e. The number of amides is 1. The topological polar surface area (TPSA) is 50.4 Å². The second-order valence-corrected chi connectivity index (χ2v) is 6.38. The van der Waals surface area contributed by atoms with Gasteiger partial charge in [-0.1, -0.05) is 39.7 Å². The monoisotopic (exact) mass is 336 g/mol. The number of hydrogen-bond donors (Lipinski definition) is 2. The summed E-state index contributed by atoms with van der Waals surface area (Å²) in [6.07, 6.45) is 3.35. The van der Waals surface area contributed by atoms with Crippen molar-refractivity contribution in [3.8, 4) is 5.75 Å². The lowest BCUT2D eigenvalue weighted by atomic mass is 9.98. The van der Waals surface area contributed by atoms with Crippen molar-refractivity contribution in [1.82, 2.24) is 10.6 Å². The Balaban J connectivity index is 2.35. The smallest absolute Gasteiger partial charge is 0.264 e. The van der Waals surface area contributed by atoms with E-state index >= 15 is 0 Å². The number of aryl methyl sites for hydroxylation is 1. The SMILES string of the molecule is CCCCCNC(=S)NC(=O)COc1ccc(C(C)C)c(C)c1. The van der Waals surface area contributed by atoms with Crippen molar-refractivity contribution in [1.29, 1.82) is 0 Å². The van der Waals surface area contributed by atoms with Crippen LogP contribution in [0.2, 0.25) is 0 Å². The largest absolute Gasteiger partial charge is 0.484 e. The summed E-state index contributed by atoms with van der Waals surface area (Å²) >= 11 is 5.08. The minimum absolute atomic E-state index is 0.0444. The van der Waals surface area contributed by atoms with Crippen LogP contribution in [0.25, 0.3) is 0 Å². The number of thiocarbonyl (C=S) groups is 1. The van der Waals surface area contributed by atoms with Crippen LogP contribution in [0.3, 0.4) is 0 Å². The van der Waals surface area contributed by atoms with Gasteiger partial charge in [0.2, 0.25) is 0 Å². The Morgan fingerprint density at radius 1 is 1.30 bits per heavy atom. The van der Waals surface area contributed by atoms with Gasteiger partial charge in [0.25, 0.3) is 5.91 Å². The summed E-state index contributed by atoms with van der Waals surface area (Å²) in [6, 6.07) is 5.91. The van der Waals surface area contributed by atoms with E-state index in [1.165, 1.54) is 11.1 Å². The number of benzene rings is 1. The summed E-state index contributed by atoms with van der Waals surface area (Å²) in [5.74, 6) is 0.927. The number of rotatable bonds is 8. The van der Waals surface area contributed by atoms with E-state index in [4.69, 9.17) is 17.0 Å². The van der Waals surface area contributed by atoms with Crippen LogP contribution in [0.15, 0.2) is 18.2 Å². The van der Waals surface area contributed by atoms with Crippen LogP contribution < -0.4 is 15.4 Å². The maximum absolute atomic E-state index is 11.8. The molecule has 1 amide bonds. The molecule has 0 fully saturated rings. The molecule has 0 saturated heterocycles. The Bertz CT molecular complexity index is 530.